The zero-order chi connectivity index (χ0) is 37.9. The zero-order valence-electron chi connectivity index (χ0n) is 30.4. The summed E-state index contributed by atoms with van der Waals surface area (Å²) in [6.45, 7) is 15.2. The monoisotopic (exact) mass is 720 g/mol. The fourth-order valence-electron chi connectivity index (χ4n) is 6.61. The Morgan fingerprint density at radius 2 is 1.35 bits per heavy atom. The smallest absolute Gasteiger partial charge is 0.329 e. The van der Waals surface area contributed by atoms with Crippen molar-refractivity contribution in [3.63, 3.8) is 0 Å². The number of ether oxygens (including phenoxy) is 2. The third-order valence-corrected chi connectivity index (χ3v) is 9.65. The topological polar surface area (TPSA) is 99.7 Å². The van der Waals surface area contributed by atoms with Crippen LogP contribution in [0.25, 0.3) is 0 Å². The van der Waals surface area contributed by atoms with Crippen molar-refractivity contribution >= 4 is 23.9 Å². The molecule has 2 aromatic carbocycles. The number of alkyl halides is 2. The van der Waals surface area contributed by atoms with Crippen LogP contribution in [0.1, 0.15) is 61.3 Å². The van der Waals surface area contributed by atoms with Crippen LogP contribution < -0.4 is 0 Å². The number of imide groups is 2. The van der Waals surface area contributed by atoms with Crippen molar-refractivity contribution in [1.29, 1.82) is 0 Å². The Morgan fingerprint density at radius 3 is 1.88 bits per heavy atom. The number of nitrogens with zero attached hydrogens (tertiary/aromatic N) is 4. The van der Waals surface area contributed by atoms with E-state index in [0.29, 0.717) is 24.0 Å². The molecule has 12 heteroatoms. The second-order valence-electron chi connectivity index (χ2n) is 13.0. The Labute approximate surface area is 305 Å². The molecule has 2 aromatic rings. The Hall–Kier alpha value is -4.68. The normalized spacial score (nSPS) is 26.9. The van der Waals surface area contributed by atoms with E-state index in [1.54, 1.807) is 86.7 Å². The second kappa shape index (κ2) is 18.7. The lowest BCUT2D eigenvalue weighted by Crippen LogP contribution is -2.52. The molecule has 0 spiro atoms. The number of hydrogen-bond donors (Lipinski definition) is 0. The molecule has 3 aliphatic heterocycles. The summed E-state index contributed by atoms with van der Waals surface area (Å²) in [6, 6.07) is 15.9. The van der Waals surface area contributed by atoms with E-state index in [1.165, 1.54) is 22.0 Å². The van der Waals surface area contributed by atoms with Crippen molar-refractivity contribution in [1.82, 2.24) is 19.6 Å². The SMILES string of the molecule is C=CCN(C(=O)c1ccccc1)C(=O)N(CC=C)C1O[C@H](CC)[C@@H](C)[C@@H]1F.CC[C@H]1O[C@@H](N2CC=CCN(C(=O)c3ccccc3)C2=O)[C@@H](F)[C@@H]1C. The molecule has 2 fully saturated rings. The van der Waals surface area contributed by atoms with Crippen LogP contribution >= 0.6 is 0 Å². The molecule has 52 heavy (non-hydrogen) atoms. The van der Waals surface area contributed by atoms with Crippen molar-refractivity contribution in [3.05, 3.63) is 109 Å². The number of benzene rings is 2. The van der Waals surface area contributed by atoms with Crippen LogP contribution in [-0.4, -0.2) is 107 Å². The number of halogens is 2. The van der Waals surface area contributed by atoms with E-state index in [9.17, 15) is 28.0 Å². The van der Waals surface area contributed by atoms with Crippen LogP contribution in [-0.2, 0) is 9.47 Å². The third-order valence-electron chi connectivity index (χ3n) is 9.65. The maximum atomic E-state index is 14.8. The summed E-state index contributed by atoms with van der Waals surface area (Å²) in [7, 11) is 0. The van der Waals surface area contributed by atoms with Crippen LogP contribution in [0, 0.1) is 11.8 Å². The molecular formula is C40H50F2N4O6. The van der Waals surface area contributed by atoms with Gasteiger partial charge in [-0.05, 0) is 37.1 Å². The molecule has 0 N–H and O–H groups in total. The molecule has 6 amide bonds. The van der Waals surface area contributed by atoms with E-state index >= 15 is 0 Å². The van der Waals surface area contributed by atoms with E-state index in [4.69, 9.17) is 9.47 Å². The van der Waals surface area contributed by atoms with Crippen molar-refractivity contribution < 1.29 is 37.4 Å². The van der Waals surface area contributed by atoms with Gasteiger partial charge in [0.2, 0.25) is 0 Å². The molecule has 0 radical (unpaired) electrons. The Morgan fingerprint density at radius 1 is 0.808 bits per heavy atom. The number of carbonyl (C=O) groups is 4. The minimum atomic E-state index is -1.34. The molecule has 0 saturated carbocycles. The van der Waals surface area contributed by atoms with Gasteiger partial charge < -0.3 is 9.47 Å². The summed E-state index contributed by atoms with van der Waals surface area (Å²) in [5.41, 5.74) is 0.797. The van der Waals surface area contributed by atoms with E-state index in [-0.39, 0.29) is 50.2 Å². The average molecular weight is 721 g/mol. The van der Waals surface area contributed by atoms with Crippen molar-refractivity contribution in [2.75, 3.05) is 26.2 Å². The molecule has 8 atom stereocenters. The van der Waals surface area contributed by atoms with Gasteiger partial charge in [0.1, 0.15) is 12.3 Å². The molecule has 10 nitrogen and oxygen atoms in total. The van der Waals surface area contributed by atoms with Crippen LogP contribution in [0.3, 0.4) is 0 Å². The summed E-state index contributed by atoms with van der Waals surface area (Å²) in [5, 5.41) is 0. The van der Waals surface area contributed by atoms with Gasteiger partial charge in [-0.2, -0.15) is 0 Å². The number of rotatable bonds is 10. The molecular weight excluding hydrogens is 670 g/mol. The standard InChI is InChI=1S/C21H27FN2O3.C19H23FN2O3/c1-5-13-23(19(25)16-11-9-8-10-12-16)21(26)24(14-6-2)20-18(22)15(4)17(7-3)27-20;1-3-15-13(2)16(20)18(25-15)22-12-8-7-11-21(19(22)24)17(23)14-9-5-4-6-10-14/h5-6,8-12,15,17-18,20H,1-2,7,13-14H2,3-4H3;4-10,13,15-16,18H,3,11-12H2,1-2H3/t15-,17-,18+,20?;13-,15-,16+,18-/m11/s1. The van der Waals surface area contributed by atoms with E-state index in [1.807, 2.05) is 13.8 Å². The molecule has 3 heterocycles. The lowest BCUT2D eigenvalue weighted by Gasteiger charge is -2.33. The lowest BCUT2D eigenvalue weighted by molar-refractivity contribution is -0.0548. The van der Waals surface area contributed by atoms with Crippen molar-refractivity contribution in [2.24, 2.45) is 11.8 Å². The van der Waals surface area contributed by atoms with Gasteiger partial charge in [-0.3, -0.25) is 29.2 Å². The highest BCUT2D eigenvalue weighted by molar-refractivity contribution is 6.05. The molecule has 1 unspecified atom stereocenters. The largest absolute Gasteiger partial charge is 0.351 e. The van der Waals surface area contributed by atoms with Gasteiger partial charge in [-0.25, -0.2) is 18.4 Å². The second-order valence-corrected chi connectivity index (χ2v) is 13.0. The molecule has 280 valence electrons. The van der Waals surface area contributed by atoms with Gasteiger partial charge >= 0.3 is 12.1 Å². The van der Waals surface area contributed by atoms with Gasteiger partial charge in [-0.1, -0.05) is 88.4 Å². The van der Waals surface area contributed by atoms with Gasteiger partial charge in [0, 0.05) is 49.1 Å². The predicted octanol–water partition coefficient (Wildman–Crippen LogP) is 7.26. The third kappa shape index (κ3) is 8.85. The van der Waals surface area contributed by atoms with Crippen LogP contribution in [0.5, 0.6) is 0 Å². The van der Waals surface area contributed by atoms with Crippen molar-refractivity contribution in [3.8, 4) is 0 Å². The average Bonchev–Trinajstić information content (AvgIpc) is 3.53. The summed E-state index contributed by atoms with van der Waals surface area (Å²) in [6.07, 6.45) is 2.70. The minimum absolute atomic E-state index is 0.0106. The zero-order valence-corrected chi connectivity index (χ0v) is 30.4. The predicted molar refractivity (Wildman–Crippen MR) is 195 cm³/mol. The molecule has 5 rings (SSSR count). The molecule has 3 aliphatic rings. The van der Waals surface area contributed by atoms with Crippen molar-refractivity contribution in [2.45, 2.75) is 77.5 Å². The first kappa shape index (κ1) is 40.1. The number of hydrogen-bond acceptors (Lipinski definition) is 6. The number of carbonyl (C=O) groups excluding carboxylic acids is 4. The molecule has 0 aromatic heterocycles. The summed E-state index contributed by atoms with van der Waals surface area (Å²) in [5.74, 6) is -1.48. The number of amides is 6. The Kier molecular flexibility index (Phi) is 14.4. The van der Waals surface area contributed by atoms with Crippen LogP contribution in [0.4, 0.5) is 18.4 Å². The fraction of sp³-hybridized carbons (Fsp3) is 0.450. The van der Waals surface area contributed by atoms with E-state index < -0.39 is 48.7 Å². The molecule has 0 aliphatic carbocycles. The van der Waals surface area contributed by atoms with Gasteiger partial charge in [-0.15, -0.1) is 13.2 Å². The van der Waals surface area contributed by atoms with E-state index in [0.717, 1.165) is 9.80 Å². The molecule has 2 saturated heterocycles. The maximum absolute atomic E-state index is 14.8. The Balaban J connectivity index is 0.000000233. The minimum Gasteiger partial charge on any atom is -0.351 e. The highest BCUT2D eigenvalue weighted by atomic mass is 19.1. The highest BCUT2D eigenvalue weighted by Crippen LogP contribution is 2.35. The fourth-order valence-corrected chi connectivity index (χ4v) is 6.61. The highest BCUT2D eigenvalue weighted by Gasteiger charge is 2.48. The summed E-state index contributed by atoms with van der Waals surface area (Å²) >= 11 is 0. The van der Waals surface area contributed by atoms with Crippen LogP contribution in [0.15, 0.2) is 98.1 Å². The first-order valence-electron chi connectivity index (χ1n) is 17.8. The van der Waals surface area contributed by atoms with Gasteiger partial charge in [0.25, 0.3) is 11.8 Å². The summed E-state index contributed by atoms with van der Waals surface area (Å²) < 4.78 is 41.2. The summed E-state index contributed by atoms with van der Waals surface area (Å²) in [4.78, 5) is 56.4. The van der Waals surface area contributed by atoms with Gasteiger partial charge in [0.05, 0.1) is 12.2 Å². The first-order chi connectivity index (χ1) is 25.0. The molecule has 0 bridgehead atoms. The van der Waals surface area contributed by atoms with Gasteiger partial charge in [0.15, 0.2) is 12.5 Å². The van der Waals surface area contributed by atoms with E-state index in [2.05, 4.69) is 13.2 Å². The lowest BCUT2D eigenvalue weighted by atomic mass is 9.99. The maximum Gasteiger partial charge on any atom is 0.329 e. The Bertz CT molecular complexity index is 1580. The first-order valence-corrected chi connectivity index (χ1v) is 17.8. The quantitative estimate of drug-likeness (QED) is 0.240. The number of urea groups is 2. The van der Waals surface area contributed by atoms with Crippen LogP contribution in [0.2, 0.25) is 0 Å².